The minimum atomic E-state index is 1.03. The van der Waals surface area contributed by atoms with Crippen LogP contribution >= 0.6 is 0 Å². The van der Waals surface area contributed by atoms with E-state index in [1.807, 2.05) is 49.2 Å². The highest BCUT2D eigenvalue weighted by Crippen LogP contribution is 2.27. The van der Waals surface area contributed by atoms with Gasteiger partial charge in [-0.25, -0.2) is 4.68 Å². The van der Waals surface area contributed by atoms with Gasteiger partial charge in [0, 0.05) is 26.5 Å². The van der Waals surface area contributed by atoms with Crippen LogP contribution in [0.5, 0.6) is 0 Å². The summed E-state index contributed by atoms with van der Waals surface area (Å²) in [6, 6.07) is 7.96. The molecule has 0 spiro atoms. The van der Waals surface area contributed by atoms with E-state index in [-0.39, 0.29) is 0 Å². The molecular weight excluding hydrogens is 188 g/mol. The van der Waals surface area contributed by atoms with E-state index in [4.69, 9.17) is 0 Å². The van der Waals surface area contributed by atoms with Gasteiger partial charge in [0.05, 0.1) is 11.4 Å². The van der Waals surface area contributed by atoms with Gasteiger partial charge in [-0.05, 0) is 18.2 Å². The zero-order valence-corrected chi connectivity index (χ0v) is 8.86. The van der Waals surface area contributed by atoms with Crippen molar-refractivity contribution < 1.29 is 0 Å². The quantitative estimate of drug-likeness (QED) is 0.799. The summed E-state index contributed by atoms with van der Waals surface area (Å²) in [5.74, 6) is 0. The van der Waals surface area contributed by atoms with Crippen LogP contribution in [-0.2, 0) is 0 Å². The van der Waals surface area contributed by atoms with Gasteiger partial charge in [0.1, 0.15) is 5.69 Å². The first-order valence-corrected chi connectivity index (χ1v) is 4.85. The summed E-state index contributed by atoms with van der Waals surface area (Å²) < 4.78 is 1.84. The van der Waals surface area contributed by atoms with E-state index in [9.17, 15) is 0 Å². The molecule has 0 atom stereocenters. The molecule has 78 valence electrons. The van der Waals surface area contributed by atoms with Crippen LogP contribution in [0.3, 0.4) is 0 Å². The fourth-order valence-electron chi connectivity index (χ4n) is 1.59. The molecule has 0 radical (unpaired) electrons. The first kappa shape index (κ1) is 9.58. The molecule has 1 aromatic carbocycles. The summed E-state index contributed by atoms with van der Waals surface area (Å²) >= 11 is 0. The smallest absolute Gasteiger partial charge is 0.111 e. The Morgan fingerprint density at radius 2 is 1.73 bits per heavy atom. The first-order chi connectivity index (χ1) is 7.36. The molecular formula is C11H14N4. The van der Waals surface area contributed by atoms with E-state index in [0.29, 0.717) is 0 Å². The van der Waals surface area contributed by atoms with Gasteiger partial charge in [-0.3, -0.25) is 0 Å². The van der Waals surface area contributed by atoms with Gasteiger partial charge < -0.3 is 10.6 Å². The van der Waals surface area contributed by atoms with Crippen molar-refractivity contribution in [3.63, 3.8) is 0 Å². The second-order valence-corrected chi connectivity index (χ2v) is 3.15. The first-order valence-electron chi connectivity index (χ1n) is 4.85. The van der Waals surface area contributed by atoms with Crippen molar-refractivity contribution in [1.82, 2.24) is 9.78 Å². The maximum Gasteiger partial charge on any atom is 0.111 e. The number of aromatic nitrogens is 2. The molecule has 0 aliphatic rings. The fourth-order valence-corrected chi connectivity index (χ4v) is 1.59. The Kier molecular flexibility index (Phi) is 2.58. The Balaban J connectivity index is 2.61. The average Bonchev–Trinajstić information content (AvgIpc) is 2.81. The molecule has 0 fully saturated rings. The Bertz CT molecular complexity index is 412. The molecule has 0 saturated heterocycles. The molecule has 4 heteroatoms. The second-order valence-electron chi connectivity index (χ2n) is 3.15. The molecule has 0 unspecified atom stereocenters. The molecule has 2 N–H and O–H groups in total. The highest BCUT2D eigenvalue weighted by atomic mass is 15.3. The minimum absolute atomic E-state index is 1.03. The van der Waals surface area contributed by atoms with Crippen LogP contribution in [0.4, 0.5) is 11.4 Å². The SMILES string of the molecule is CNc1cccc(NC)c1-n1cccn1. The highest BCUT2D eigenvalue weighted by Gasteiger charge is 2.08. The molecule has 15 heavy (non-hydrogen) atoms. The topological polar surface area (TPSA) is 41.9 Å². The summed E-state index contributed by atoms with van der Waals surface area (Å²) in [5, 5.41) is 10.6. The van der Waals surface area contributed by atoms with E-state index in [1.165, 1.54) is 0 Å². The van der Waals surface area contributed by atoms with Gasteiger partial charge in [0.25, 0.3) is 0 Å². The standard InChI is InChI=1S/C11H14N4/c1-12-9-5-3-6-10(13-2)11(9)15-8-4-7-14-15/h3-8,12-13H,1-2H3. The van der Waals surface area contributed by atoms with E-state index < -0.39 is 0 Å². The predicted molar refractivity (Wildman–Crippen MR) is 62.7 cm³/mol. The summed E-state index contributed by atoms with van der Waals surface area (Å²) in [5.41, 5.74) is 3.13. The van der Waals surface area contributed by atoms with Crippen molar-refractivity contribution in [2.45, 2.75) is 0 Å². The maximum absolute atomic E-state index is 4.24. The van der Waals surface area contributed by atoms with Crippen molar-refractivity contribution in [2.24, 2.45) is 0 Å². The van der Waals surface area contributed by atoms with Crippen molar-refractivity contribution in [2.75, 3.05) is 24.7 Å². The van der Waals surface area contributed by atoms with Crippen LogP contribution in [-0.4, -0.2) is 23.9 Å². The normalized spacial score (nSPS) is 10.0. The molecule has 0 bridgehead atoms. The number of hydrogen-bond acceptors (Lipinski definition) is 3. The van der Waals surface area contributed by atoms with E-state index >= 15 is 0 Å². The highest BCUT2D eigenvalue weighted by molar-refractivity contribution is 5.74. The summed E-state index contributed by atoms with van der Waals surface area (Å²) in [6.45, 7) is 0. The Hall–Kier alpha value is -1.97. The van der Waals surface area contributed by atoms with Gasteiger partial charge in [-0.1, -0.05) is 6.07 Å². The maximum atomic E-state index is 4.24. The molecule has 4 nitrogen and oxygen atoms in total. The molecule has 0 saturated carbocycles. The van der Waals surface area contributed by atoms with Crippen LogP contribution in [0, 0.1) is 0 Å². The molecule has 0 aliphatic heterocycles. The van der Waals surface area contributed by atoms with Crippen LogP contribution in [0.2, 0.25) is 0 Å². The van der Waals surface area contributed by atoms with Crippen LogP contribution < -0.4 is 10.6 Å². The molecule has 2 rings (SSSR count). The summed E-state index contributed by atoms with van der Waals surface area (Å²) in [4.78, 5) is 0. The van der Waals surface area contributed by atoms with Crippen LogP contribution in [0.1, 0.15) is 0 Å². The van der Waals surface area contributed by atoms with E-state index in [0.717, 1.165) is 17.1 Å². The lowest BCUT2D eigenvalue weighted by atomic mass is 10.2. The zero-order valence-electron chi connectivity index (χ0n) is 8.86. The van der Waals surface area contributed by atoms with Gasteiger partial charge in [-0.15, -0.1) is 0 Å². The fraction of sp³-hybridized carbons (Fsp3) is 0.182. The van der Waals surface area contributed by atoms with Crippen molar-refractivity contribution in [3.05, 3.63) is 36.7 Å². The number of hydrogen-bond donors (Lipinski definition) is 2. The molecule has 1 heterocycles. The number of nitrogens with zero attached hydrogens (tertiary/aromatic N) is 2. The number of benzene rings is 1. The second kappa shape index (κ2) is 4.04. The summed E-state index contributed by atoms with van der Waals surface area (Å²) in [7, 11) is 3.81. The van der Waals surface area contributed by atoms with E-state index in [2.05, 4.69) is 15.7 Å². The molecule has 0 aliphatic carbocycles. The largest absolute Gasteiger partial charge is 0.386 e. The van der Waals surface area contributed by atoms with Crippen LogP contribution in [0.15, 0.2) is 36.7 Å². The third kappa shape index (κ3) is 1.66. The monoisotopic (exact) mass is 202 g/mol. The number of anilines is 2. The lowest BCUT2D eigenvalue weighted by molar-refractivity contribution is 0.883. The van der Waals surface area contributed by atoms with Gasteiger partial charge in [0.15, 0.2) is 0 Å². The molecule has 0 amide bonds. The number of nitrogens with one attached hydrogen (secondary N) is 2. The Morgan fingerprint density at radius 1 is 1.07 bits per heavy atom. The third-order valence-electron chi connectivity index (χ3n) is 2.31. The average molecular weight is 202 g/mol. The number of rotatable bonds is 3. The lowest BCUT2D eigenvalue weighted by Crippen LogP contribution is -2.04. The van der Waals surface area contributed by atoms with Gasteiger partial charge in [-0.2, -0.15) is 5.10 Å². The van der Waals surface area contributed by atoms with Crippen molar-refractivity contribution >= 4 is 11.4 Å². The minimum Gasteiger partial charge on any atom is -0.386 e. The predicted octanol–water partition coefficient (Wildman–Crippen LogP) is 1.96. The van der Waals surface area contributed by atoms with Gasteiger partial charge >= 0.3 is 0 Å². The third-order valence-corrected chi connectivity index (χ3v) is 2.31. The van der Waals surface area contributed by atoms with Crippen LogP contribution in [0.25, 0.3) is 5.69 Å². The van der Waals surface area contributed by atoms with Crippen molar-refractivity contribution in [1.29, 1.82) is 0 Å². The van der Waals surface area contributed by atoms with Gasteiger partial charge in [0.2, 0.25) is 0 Å². The lowest BCUT2D eigenvalue weighted by Gasteiger charge is -2.13. The van der Waals surface area contributed by atoms with Crippen molar-refractivity contribution in [3.8, 4) is 5.69 Å². The van der Waals surface area contributed by atoms with E-state index in [1.54, 1.807) is 6.20 Å². The molecule has 1 aromatic heterocycles. The Labute approximate surface area is 88.9 Å². The Morgan fingerprint density at radius 3 is 2.20 bits per heavy atom. The molecule has 2 aromatic rings. The number of para-hydroxylation sites is 1. The zero-order chi connectivity index (χ0) is 10.7. The summed E-state index contributed by atoms with van der Waals surface area (Å²) in [6.07, 6.45) is 3.70.